The molecule has 0 aliphatic carbocycles. The van der Waals surface area contributed by atoms with E-state index in [0.29, 0.717) is 0 Å². The van der Waals surface area contributed by atoms with Gasteiger partial charge in [0.05, 0.1) is 40.3 Å². The quantitative estimate of drug-likeness (QED) is 0.0789. The number of quaternary nitrogens is 2. The summed E-state index contributed by atoms with van der Waals surface area (Å²) < 4.78 is 2.02. The summed E-state index contributed by atoms with van der Waals surface area (Å²) in [6.07, 6.45) is 24.6. The average molecular weight is 593 g/mol. The van der Waals surface area contributed by atoms with Gasteiger partial charge in [0.25, 0.3) is 0 Å². The lowest BCUT2D eigenvalue weighted by molar-refractivity contribution is -0.931. The highest BCUT2D eigenvalue weighted by Crippen LogP contribution is 2.19. The largest absolute Gasteiger partial charge is 0.391 e. The van der Waals surface area contributed by atoms with Crippen molar-refractivity contribution in [3.63, 3.8) is 0 Å². The van der Waals surface area contributed by atoms with Crippen molar-refractivity contribution in [3.05, 3.63) is 35.9 Å². The molecule has 1 rings (SSSR count). The fourth-order valence-corrected chi connectivity index (χ4v) is 6.28. The number of likely N-dealkylation sites (N-methyl/N-ethyl adjacent to an activating group) is 1. The number of hydrogen-bond donors (Lipinski definition) is 2. The lowest BCUT2D eigenvalue weighted by atomic mass is 10.1. The molecule has 4 heteroatoms. The lowest BCUT2D eigenvalue weighted by Crippen LogP contribution is -2.53. The Hall–Kier alpha value is -0.940. The van der Waals surface area contributed by atoms with Gasteiger partial charge in [-0.05, 0) is 45.4 Å². The van der Waals surface area contributed by atoms with Gasteiger partial charge < -0.3 is 19.2 Å². The predicted molar refractivity (Wildman–Crippen MR) is 186 cm³/mol. The Labute approximate surface area is 264 Å². The third-order valence-corrected chi connectivity index (χ3v) is 8.77. The second kappa shape index (κ2) is 27.6. The van der Waals surface area contributed by atoms with Crippen molar-refractivity contribution >= 4 is 0 Å². The molecule has 1 atom stereocenters. The van der Waals surface area contributed by atoms with E-state index in [1.165, 1.54) is 145 Å². The topological polar surface area (TPSA) is 40.5 Å². The fraction of sp³-hybridized carbons (Fsp3) is 0.842. The van der Waals surface area contributed by atoms with Gasteiger partial charge in [0.1, 0.15) is 25.7 Å². The Balaban J connectivity index is 0.00000107. The van der Waals surface area contributed by atoms with Crippen LogP contribution < -0.4 is 0 Å². The molecule has 4 nitrogen and oxygen atoms in total. The minimum atomic E-state index is -0.171. The number of benzene rings is 1. The molecule has 1 unspecified atom stereocenters. The van der Waals surface area contributed by atoms with Crippen LogP contribution in [0, 0.1) is 0 Å². The summed E-state index contributed by atoms with van der Waals surface area (Å²) in [5.74, 6) is 0. The second-order valence-corrected chi connectivity index (χ2v) is 13.9. The minimum Gasteiger partial charge on any atom is -0.391 e. The monoisotopic (exact) mass is 593 g/mol. The molecule has 1 aromatic carbocycles. The Kier molecular flexibility index (Phi) is 27.0. The van der Waals surface area contributed by atoms with E-state index in [1.807, 2.05) is 25.1 Å². The summed E-state index contributed by atoms with van der Waals surface area (Å²) in [6.45, 7) is 15.8. The summed E-state index contributed by atoms with van der Waals surface area (Å²) in [5.41, 5.74) is 1.32. The second-order valence-electron chi connectivity index (χ2n) is 13.9. The van der Waals surface area contributed by atoms with E-state index in [1.54, 1.807) is 0 Å². The van der Waals surface area contributed by atoms with E-state index in [2.05, 4.69) is 47.0 Å². The molecule has 2 N–H and O–H groups in total. The Morgan fingerprint density at radius 2 is 0.952 bits per heavy atom. The van der Waals surface area contributed by atoms with E-state index in [9.17, 15) is 5.11 Å². The van der Waals surface area contributed by atoms with Crippen LogP contribution in [0.4, 0.5) is 0 Å². The lowest BCUT2D eigenvalue weighted by Gasteiger charge is -2.40. The number of nitrogens with zero attached hydrogens (tertiary/aromatic N) is 2. The zero-order valence-corrected chi connectivity index (χ0v) is 29.4. The van der Waals surface area contributed by atoms with Crippen LogP contribution in [0.15, 0.2) is 30.3 Å². The van der Waals surface area contributed by atoms with Crippen LogP contribution in [-0.2, 0) is 6.54 Å². The molecular weight excluding hydrogens is 516 g/mol. The van der Waals surface area contributed by atoms with E-state index < -0.39 is 0 Å². The summed E-state index contributed by atoms with van der Waals surface area (Å²) in [5, 5.41) is 19.2. The van der Waals surface area contributed by atoms with Gasteiger partial charge in [-0.15, -0.1) is 0 Å². The van der Waals surface area contributed by atoms with Crippen molar-refractivity contribution in [1.82, 2.24) is 0 Å². The van der Waals surface area contributed by atoms with Gasteiger partial charge in [-0.1, -0.05) is 128 Å². The van der Waals surface area contributed by atoms with Crippen LogP contribution in [0.25, 0.3) is 0 Å². The van der Waals surface area contributed by atoms with Crippen LogP contribution in [0.1, 0.15) is 149 Å². The maximum Gasteiger partial charge on any atom is 0.105 e. The van der Waals surface area contributed by atoms with Crippen LogP contribution in [0.2, 0.25) is 0 Å². The first-order chi connectivity index (χ1) is 20.2. The maximum absolute atomic E-state index is 10.3. The number of aliphatic hydroxyl groups is 2. The summed E-state index contributed by atoms with van der Waals surface area (Å²) >= 11 is 0. The standard InChI is InChI=1S/C27H58NO.C11H18NO/c1-5-8-11-14-17-20-23-28(26-27(4)29,24-21-18-15-12-9-6-2)25-22-19-16-13-10-7-3;1-12(2,8-9-13)10-11-6-4-3-5-7-11/h27,29H,5-26H2,1-4H3;3-7,13H,8-10H2,1-2H3/q2*+1. The number of unbranched alkanes of at least 4 members (excludes halogenated alkanes) is 15. The van der Waals surface area contributed by atoms with E-state index in [-0.39, 0.29) is 12.7 Å². The molecule has 1 aromatic rings. The average Bonchev–Trinajstić information content (AvgIpc) is 2.95. The molecule has 0 saturated carbocycles. The number of rotatable bonds is 27. The molecule has 0 aliphatic heterocycles. The molecule has 0 fully saturated rings. The van der Waals surface area contributed by atoms with Gasteiger partial charge in [0, 0.05) is 5.56 Å². The predicted octanol–water partition coefficient (Wildman–Crippen LogP) is 9.52. The zero-order valence-electron chi connectivity index (χ0n) is 29.4. The van der Waals surface area contributed by atoms with Gasteiger partial charge in [0.15, 0.2) is 0 Å². The Morgan fingerprint density at radius 1 is 0.571 bits per heavy atom. The molecule has 0 saturated heterocycles. The van der Waals surface area contributed by atoms with Gasteiger partial charge in [-0.25, -0.2) is 0 Å². The van der Waals surface area contributed by atoms with Crippen molar-refractivity contribution < 1.29 is 19.2 Å². The van der Waals surface area contributed by atoms with Crippen LogP contribution >= 0.6 is 0 Å². The van der Waals surface area contributed by atoms with Gasteiger partial charge in [-0.3, -0.25) is 0 Å². The van der Waals surface area contributed by atoms with Crippen molar-refractivity contribution in [2.24, 2.45) is 0 Å². The van der Waals surface area contributed by atoms with Gasteiger partial charge >= 0.3 is 0 Å². The van der Waals surface area contributed by atoms with E-state index >= 15 is 0 Å². The minimum absolute atomic E-state index is 0.171. The molecule has 248 valence electrons. The first kappa shape index (κ1) is 41.1. The van der Waals surface area contributed by atoms with E-state index in [0.717, 1.165) is 24.1 Å². The van der Waals surface area contributed by atoms with Crippen molar-refractivity contribution in [2.45, 2.75) is 156 Å². The molecule has 0 amide bonds. The van der Waals surface area contributed by atoms with Crippen molar-refractivity contribution in [2.75, 3.05) is 53.4 Å². The SMILES string of the molecule is CCCCCCCC[N+](CCCCCCCC)(CCCCCCCC)CC(C)O.C[N+](C)(CCO)Cc1ccccc1. The Bertz CT molecular complexity index is 636. The smallest absolute Gasteiger partial charge is 0.105 e. The van der Waals surface area contributed by atoms with E-state index in [4.69, 9.17) is 5.11 Å². The first-order valence-corrected chi connectivity index (χ1v) is 18.2. The van der Waals surface area contributed by atoms with Crippen LogP contribution in [0.3, 0.4) is 0 Å². The fourth-order valence-electron chi connectivity index (χ4n) is 6.28. The summed E-state index contributed by atoms with van der Waals surface area (Å²) in [6, 6.07) is 10.4. The number of hydrogen-bond acceptors (Lipinski definition) is 2. The highest BCUT2D eigenvalue weighted by atomic mass is 16.3. The van der Waals surface area contributed by atoms with Gasteiger partial charge in [-0.2, -0.15) is 0 Å². The number of aliphatic hydroxyl groups excluding tert-OH is 2. The summed E-state index contributed by atoms with van der Waals surface area (Å²) in [7, 11) is 4.26. The molecule has 0 spiro atoms. The van der Waals surface area contributed by atoms with Crippen LogP contribution in [0.5, 0.6) is 0 Å². The van der Waals surface area contributed by atoms with Gasteiger partial charge in [0.2, 0.25) is 0 Å². The zero-order chi connectivity index (χ0) is 31.4. The van der Waals surface area contributed by atoms with Crippen molar-refractivity contribution in [1.29, 1.82) is 0 Å². The first-order valence-electron chi connectivity index (χ1n) is 18.2. The molecular formula is C38H76N2O2+2. The van der Waals surface area contributed by atoms with Crippen LogP contribution in [-0.4, -0.2) is 78.7 Å². The normalized spacial score (nSPS) is 12.7. The molecule has 0 aromatic heterocycles. The third-order valence-electron chi connectivity index (χ3n) is 8.77. The molecule has 0 radical (unpaired) electrons. The summed E-state index contributed by atoms with van der Waals surface area (Å²) in [4.78, 5) is 0. The highest BCUT2D eigenvalue weighted by Gasteiger charge is 2.28. The highest BCUT2D eigenvalue weighted by molar-refractivity contribution is 5.13. The third kappa shape index (κ3) is 24.5. The Morgan fingerprint density at radius 3 is 1.31 bits per heavy atom. The molecule has 0 bridgehead atoms. The van der Waals surface area contributed by atoms with Crippen molar-refractivity contribution in [3.8, 4) is 0 Å². The molecule has 0 heterocycles. The molecule has 42 heavy (non-hydrogen) atoms. The molecule has 0 aliphatic rings. The maximum atomic E-state index is 10.3.